The molecule has 8 heavy (non-hydrogen) atoms. The van der Waals surface area contributed by atoms with E-state index >= 15 is 0 Å². The van der Waals surface area contributed by atoms with Gasteiger partial charge in [0.25, 0.3) is 0 Å². The normalized spacial score (nSPS) is 9.12. The highest BCUT2D eigenvalue weighted by atomic mass is 127. The van der Waals surface area contributed by atoms with Crippen LogP contribution in [-0.4, -0.2) is 13.6 Å². The molecule has 0 aliphatic rings. The lowest BCUT2D eigenvalue weighted by Gasteiger charge is -1.88. The van der Waals surface area contributed by atoms with Gasteiger partial charge in [0.15, 0.2) is 3.84 Å². The third-order valence-electron chi connectivity index (χ3n) is 0.706. The minimum Gasteiger partial charge on any atom is -0.277 e. The second-order valence-electron chi connectivity index (χ2n) is 1.24. The molecule has 0 amide bonds. The fourth-order valence-electron chi connectivity index (χ4n) is 0.385. The Bertz CT molecular complexity index is 179. The second-order valence-corrected chi connectivity index (χ2v) is 2.26. The SMILES string of the molecule is N=C(I)n1cccn1. The van der Waals surface area contributed by atoms with Crippen LogP contribution in [0.4, 0.5) is 0 Å². The van der Waals surface area contributed by atoms with Crippen molar-refractivity contribution in [1.82, 2.24) is 9.78 Å². The molecule has 42 valence electrons. The Labute approximate surface area is 60.4 Å². The summed E-state index contributed by atoms with van der Waals surface area (Å²) in [5, 5.41) is 10.8. The van der Waals surface area contributed by atoms with Gasteiger partial charge in [0.1, 0.15) is 0 Å². The number of hydrogen-bond donors (Lipinski definition) is 1. The molecule has 1 N–H and O–H groups in total. The van der Waals surface area contributed by atoms with Gasteiger partial charge in [-0.25, -0.2) is 4.68 Å². The van der Waals surface area contributed by atoms with Gasteiger partial charge >= 0.3 is 0 Å². The number of nitrogens with zero attached hydrogens (tertiary/aromatic N) is 2. The van der Waals surface area contributed by atoms with Crippen LogP contribution in [0.3, 0.4) is 0 Å². The molecule has 0 aromatic carbocycles. The topological polar surface area (TPSA) is 41.7 Å². The molecular formula is C4H4IN3. The van der Waals surface area contributed by atoms with Crippen LogP contribution >= 0.6 is 22.6 Å². The van der Waals surface area contributed by atoms with E-state index in [1.54, 1.807) is 18.5 Å². The van der Waals surface area contributed by atoms with E-state index in [1.165, 1.54) is 4.68 Å². The maximum atomic E-state index is 7.04. The first-order chi connectivity index (χ1) is 3.80. The van der Waals surface area contributed by atoms with Gasteiger partial charge in [-0.15, -0.1) is 0 Å². The molecule has 0 aliphatic carbocycles. The van der Waals surface area contributed by atoms with E-state index in [4.69, 9.17) is 5.41 Å². The monoisotopic (exact) mass is 221 g/mol. The van der Waals surface area contributed by atoms with Crippen molar-refractivity contribution in [3.8, 4) is 0 Å². The van der Waals surface area contributed by atoms with Gasteiger partial charge in [-0.2, -0.15) is 5.10 Å². The van der Waals surface area contributed by atoms with Crippen molar-refractivity contribution in [2.75, 3.05) is 0 Å². The van der Waals surface area contributed by atoms with Gasteiger partial charge < -0.3 is 0 Å². The molecule has 4 heteroatoms. The van der Waals surface area contributed by atoms with E-state index in [0.29, 0.717) is 3.84 Å². The Morgan fingerprint density at radius 2 is 2.50 bits per heavy atom. The second kappa shape index (κ2) is 2.25. The summed E-state index contributed by atoms with van der Waals surface area (Å²) < 4.78 is 1.90. The summed E-state index contributed by atoms with van der Waals surface area (Å²) in [6.45, 7) is 0. The van der Waals surface area contributed by atoms with E-state index in [-0.39, 0.29) is 0 Å². The van der Waals surface area contributed by atoms with Crippen LogP contribution in [0.25, 0.3) is 0 Å². The Morgan fingerprint density at radius 1 is 1.75 bits per heavy atom. The summed E-state index contributed by atoms with van der Waals surface area (Å²) in [7, 11) is 0. The third-order valence-corrected chi connectivity index (χ3v) is 1.20. The summed E-state index contributed by atoms with van der Waals surface area (Å²) in [4.78, 5) is 0. The third kappa shape index (κ3) is 1.06. The van der Waals surface area contributed by atoms with E-state index in [2.05, 4.69) is 5.10 Å². The van der Waals surface area contributed by atoms with Crippen molar-refractivity contribution in [3.63, 3.8) is 0 Å². The fourth-order valence-corrected chi connectivity index (χ4v) is 0.670. The molecule has 1 aromatic heterocycles. The van der Waals surface area contributed by atoms with Crippen molar-refractivity contribution in [3.05, 3.63) is 18.5 Å². The highest BCUT2D eigenvalue weighted by Crippen LogP contribution is 1.89. The lowest BCUT2D eigenvalue weighted by atomic mass is 10.8. The Kier molecular flexibility index (Phi) is 1.62. The van der Waals surface area contributed by atoms with Crippen molar-refractivity contribution >= 4 is 26.4 Å². The van der Waals surface area contributed by atoms with E-state index in [0.717, 1.165) is 0 Å². The number of hydrogen-bond acceptors (Lipinski definition) is 2. The molecule has 0 unspecified atom stereocenters. The van der Waals surface area contributed by atoms with Gasteiger partial charge in [-0.05, 0) is 6.07 Å². The van der Waals surface area contributed by atoms with Crippen LogP contribution in [0, 0.1) is 5.41 Å². The molecule has 0 radical (unpaired) electrons. The molecule has 0 spiro atoms. The van der Waals surface area contributed by atoms with Crippen LogP contribution in [-0.2, 0) is 0 Å². The van der Waals surface area contributed by atoms with Crippen molar-refractivity contribution in [1.29, 1.82) is 5.41 Å². The molecule has 3 nitrogen and oxygen atoms in total. The molecule has 0 fully saturated rings. The first-order valence-electron chi connectivity index (χ1n) is 2.05. The highest BCUT2D eigenvalue weighted by Gasteiger charge is 1.88. The summed E-state index contributed by atoms with van der Waals surface area (Å²) in [6.07, 6.45) is 3.38. The maximum Gasteiger partial charge on any atom is 0.184 e. The standard InChI is InChI=1S/C4H4IN3/c5-4(6)8-3-1-2-7-8/h1-3,6H. The quantitative estimate of drug-likeness (QED) is 0.397. The van der Waals surface area contributed by atoms with Crippen molar-refractivity contribution in [2.45, 2.75) is 0 Å². The molecule has 1 rings (SSSR count). The number of halogens is 1. The Balaban J connectivity index is 2.93. The minimum absolute atomic E-state index is 0.410. The molecule has 0 saturated carbocycles. The van der Waals surface area contributed by atoms with Crippen LogP contribution in [0.2, 0.25) is 0 Å². The lowest BCUT2D eigenvalue weighted by molar-refractivity contribution is 0.946. The largest absolute Gasteiger partial charge is 0.277 e. The number of aromatic nitrogens is 2. The summed E-state index contributed by atoms with van der Waals surface area (Å²) >= 11 is 1.89. The predicted molar refractivity (Wildman–Crippen MR) is 39.4 cm³/mol. The molecule has 0 saturated heterocycles. The van der Waals surface area contributed by atoms with Gasteiger partial charge in [0.05, 0.1) is 0 Å². The van der Waals surface area contributed by atoms with E-state index in [1.807, 2.05) is 22.6 Å². The van der Waals surface area contributed by atoms with Crippen LogP contribution in [0.15, 0.2) is 18.5 Å². The predicted octanol–water partition coefficient (Wildman–Crippen LogP) is 1.10. The molecule has 0 atom stereocenters. The molecular weight excluding hydrogens is 217 g/mol. The smallest absolute Gasteiger partial charge is 0.184 e. The van der Waals surface area contributed by atoms with Crippen LogP contribution < -0.4 is 0 Å². The fraction of sp³-hybridized carbons (Fsp3) is 0. The highest BCUT2D eigenvalue weighted by molar-refractivity contribution is 14.1. The summed E-state index contributed by atoms with van der Waals surface area (Å²) in [5.74, 6) is 0. The molecule has 1 heterocycles. The van der Waals surface area contributed by atoms with E-state index in [9.17, 15) is 0 Å². The zero-order chi connectivity index (χ0) is 5.98. The number of nitrogens with one attached hydrogen (secondary N) is 1. The molecule has 0 bridgehead atoms. The summed E-state index contributed by atoms with van der Waals surface area (Å²) in [6, 6.07) is 1.78. The van der Waals surface area contributed by atoms with Crippen LogP contribution in [0.5, 0.6) is 0 Å². The molecule has 0 aliphatic heterocycles. The molecule has 1 aromatic rings. The Hall–Kier alpha value is -0.390. The van der Waals surface area contributed by atoms with Crippen molar-refractivity contribution < 1.29 is 0 Å². The van der Waals surface area contributed by atoms with Gasteiger partial charge in [0, 0.05) is 35.0 Å². The van der Waals surface area contributed by atoms with Gasteiger partial charge in [-0.3, -0.25) is 5.41 Å². The van der Waals surface area contributed by atoms with Gasteiger partial charge in [-0.1, -0.05) is 0 Å². The zero-order valence-corrected chi connectivity index (χ0v) is 6.16. The summed E-state index contributed by atoms with van der Waals surface area (Å²) in [5.41, 5.74) is 0. The average Bonchev–Trinajstić information content (AvgIpc) is 2.12. The van der Waals surface area contributed by atoms with Gasteiger partial charge in [0.2, 0.25) is 0 Å². The minimum atomic E-state index is 0.410. The number of rotatable bonds is 0. The first kappa shape index (κ1) is 5.74. The first-order valence-corrected chi connectivity index (χ1v) is 3.12. The average molecular weight is 221 g/mol. The zero-order valence-electron chi connectivity index (χ0n) is 4.00. The Morgan fingerprint density at radius 3 is 2.75 bits per heavy atom. The van der Waals surface area contributed by atoms with E-state index < -0.39 is 0 Å². The van der Waals surface area contributed by atoms with Crippen LogP contribution in [0.1, 0.15) is 0 Å². The lowest BCUT2D eigenvalue weighted by Crippen LogP contribution is -2.00. The van der Waals surface area contributed by atoms with Crippen molar-refractivity contribution in [2.24, 2.45) is 0 Å². The maximum absolute atomic E-state index is 7.04.